The number of hydrogen-bond donors (Lipinski definition) is 1. The van der Waals surface area contributed by atoms with Gasteiger partial charge < -0.3 is 9.73 Å². The van der Waals surface area contributed by atoms with Gasteiger partial charge in [-0.2, -0.15) is 0 Å². The lowest BCUT2D eigenvalue weighted by molar-refractivity contribution is 0.212. The van der Waals surface area contributed by atoms with Crippen LogP contribution in [0.2, 0.25) is 0 Å². The highest BCUT2D eigenvalue weighted by Crippen LogP contribution is 2.38. The second-order valence-corrected chi connectivity index (χ2v) is 6.00. The summed E-state index contributed by atoms with van der Waals surface area (Å²) in [7, 11) is 0. The van der Waals surface area contributed by atoms with Crippen molar-refractivity contribution in [2.75, 3.05) is 6.54 Å². The molecule has 1 atom stereocenters. The summed E-state index contributed by atoms with van der Waals surface area (Å²) in [5.74, 6) is 1.17. The Hall–Kier alpha value is -0.760. The Morgan fingerprint density at radius 3 is 2.87 bits per heavy atom. The van der Waals surface area contributed by atoms with Gasteiger partial charge in [-0.3, -0.25) is 0 Å². The predicted octanol–water partition coefficient (Wildman–Crippen LogP) is 3.08. The third-order valence-corrected chi connectivity index (χ3v) is 3.09. The molecule has 0 amide bonds. The summed E-state index contributed by atoms with van der Waals surface area (Å²) in [6, 6.07) is 2.12. The summed E-state index contributed by atoms with van der Waals surface area (Å²) in [4.78, 5) is 0. The first kappa shape index (κ1) is 10.7. The van der Waals surface area contributed by atoms with Crippen molar-refractivity contribution < 1.29 is 4.42 Å². The van der Waals surface area contributed by atoms with Crippen LogP contribution in [0, 0.1) is 5.41 Å². The van der Waals surface area contributed by atoms with Gasteiger partial charge in [0, 0.05) is 24.1 Å². The van der Waals surface area contributed by atoms with Crippen molar-refractivity contribution in [1.82, 2.24) is 5.32 Å². The molecule has 0 saturated carbocycles. The average molecular weight is 207 g/mol. The second-order valence-electron chi connectivity index (χ2n) is 6.00. The largest absolute Gasteiger partial charge is 0.469 e. The number of fused-ring (bicyclic) bond motifs is 1. The predicted molar refractivity (Wildman–Crippen MR) is 61.8 cm³/mol. The Morgan fingerprint density at radius 1 is 1.47 bits per heavy atom. The van der Waals surface area contributed by atoms with Gasteiger partial charge >= 0.3 is 0 Å². The van der Waals surface area contributed by atoms with Crippen molar-refractivity contribution in [1.29, 1.82) is 0 Å². The molecule has 0 radical (unpaired) electrons. The zero-order valence-corrected chi connectivity index (χ0v) is 10.2. The average Bonchev–Trinajstić information content (AvgIpc) is 2.49. The number of furan rings is 1. The van der Waals surface area contributed by atoms with Gasteiger partial charge in [0.05, 0.1) is 6.26 Å². The topological polar surface area (TPSA) is 25.2 Å². The van der Waals surface area contributed by atoms with Crippen LogP contribution in [0.3, 0.4) is 0 Å². The third kappa shape index (κ3) is 2.10. The van der Waals surface area contributed by atoms with E-state index in [1.165, 1.54) is 11.3 Å². The lowest BCUT2D eigenvalue weighted by Crippen LogP contribution is -2.46. The Kier molecular flexibility index (Phi) is 2.42. The van der Waals surface area contributed by atoms with Crippen molar-refractivity contribution >= 4 is 0 Å². The highest BCUT2D eigenvalue weighted by Gasteiger charge is 2.36. The van der Waals surface area contributed by atoms with Crippen LogP contribution in [-0.2, 0) is 12.0 Å². The van der Waals surface area contributed by atoms with E-state index in [1.807, 2.05) is 6.26 Å². The molecule has 1 N–H and O–H groups in total. The van der Waals surface area contributed by atoms with Gasteiger partial charge in [0.25, 0.3) is 0 Å². The van der Waals surface area contributed by atoms with Crippen LogP contribution in [-0.4, -0.2) is 6.54 Å². The van der Waals surface area contributed by atoms with Crippen molar-refractivity contribution in [2.45, 2.75) is 46.1 Å². The highest BCUT2D eigenvalue weighted by atomic mass is 16.3. The first-order valence-electron chi connectivity index (χ1n) is 5.73. The Morgan fingerprint density at radius 2 is 2.20 bits per heavy atom. The fourth-order valence-corrected chi connectivity index (χ4v) is 2.79. The van der Waals surface area contributed by atoms with E-state index in [0.717, 1.165) is 19.4 Å². The summed E-state index contributed by atoms with van der Waals surface area (Å²) in [5.41, 5.74) is 1.76. The molecule has 2 heteroatoms. The van der Waals surface area contributed by atoms with Gasteiger partial charge in [0.1, 0.15) is 5.76 Å². The summed E-state index contributed by atoms with van der Waals surface area (Å²) in [6.07, 6.45) is 3.97. The van der Waals surface area contributed by atoms with Gasteiger partial charge in [0.2, 0.25) is 0 Å². The Labute approximate surface area is 92.1 Å². The molecule has 1 aliphatic heterocycles. The first-order valence-corrected chi connectivity index (χ1v) is 5.73. The van der Waals surface area contributed by atoms with Crippen molar-refractivity contribution in [3.63, 3.8) is 0 Å². The molecular formula is C13H21NO. The maximum absolute atomic E-state index is 5.53. The molecule has 0 saturated heterocycles. The molecule has 1 unspecified atom stereocenters. The molecule has 2 heterocycles. The van der Waals surface area contributed by atoms with Crippen LogP contribution in [0.1, 0.15) is 45.4 Å². The number of nitrogens with one attached hydrogen (secondary N) is 1. The zero-order chi connectivity index (χ0) is 11.1. The minimum Gasteiger partial charge on any atom is -0.469 e. The third-order valence-electron chi connectivity index (χ3n) is 3.09. The van der Waals surface area contributed by atoms with Gasteiger partial charge in [-0.1, -0.05) is 20.8 Å². The molecule has 84 valence electrons. The molecule has 1 aromatic heterocycles. The number of hydrogen-bond acceptors (Lipinski definition) is 2. The molecule has 1 aliphatic rings. The fraction of sp³-hybridized carbons (Fsp3) is 0.692. The van der Waals surface area contributed by atoms with Gasteiger partial charge in [-0.15, -0.1) is 0 Å². The molecule has 0 bridgehead atoms. The van der Waals surface area contributed by atoms with E-state index in [9.17, 15) is 0 Å². The standard InChI is InChI=1S/C13H21NO/c1-12(2,3)9-13(4)10-6-8-15-11(10)5-7-14-13/h6,8,14H,5,7,9H2,1-4H3. The van der Waals surface area contributed by atoms with Crippen molar-refractivity contribution in [3.8, 4) is 0 Å². The van der Waals surface area contributed by atoms with Crippen LogP contribution in [0.4, 0.5) is 0 Å². The molecule has 0 aromatic carbocycles. The van der Waals surface area contributed by atoms with E-state index in [-0.39, 0.29) is 5.54 Å². The zero-order valence-electron chi connectivity index (χ0n) is 10.2. The van der Waals surface area contributed by atoms with Gasteiger partial charge in [-0.25, -0.2) is 0 Å². The van der Waals surface area contributed by atoms with Crippen LogP contribution in [0.5, 0.6) is 0 Å². The van der Waals surface area contributed by atoms with E-state index in [1.54, 1.807) is 0 Å². The molecule has 0 fully saturated rings. The smallest absolute Gasteiger partial charge is 0.110 e. The molecule has 1 aromatic rings. The summed E-state index contributed by atoms with van der Waals surface area (Å²) >= 11 is 0. The van der Waals surface area contributed by atoms with Gasteiger partial charge in [-0.05, 0) is 24.8 Å². The molecule has 0 aliphatic carbocycles. The highest BCUT2D eigenvalue weighted by molar-refractivity contribution is 5.29. The second kappa shape index (κ2) is 3.38. The SMILES string of the molecule is CC(C)(C)CC1(C)NCCc2occc21. The molecule has 15 heavy (non-hydrogen) atoms. The van der Waals surface area contributed by atoms with E-state index in [4.69, 9.17) is 4.42 Å². The van der Waals surface area contributed by atoms with E-state index >= 15 is 0 Å². The quantitative estimate of drug-likeness (QED) is 0.765. The maximum atomic E-state index is 5.53. The Bertz CT molecular complexity index is 348. The summed E-state index contributed by atoms with van der Waals surface area (Å²) in [5, 5.41) is 3.63. The monoisotopic (exact) mass is 207 g/mol. The fourth-order valence-electron chi connectivity index (χ4n) is 2.79. The summed E-state index contributed by atoms with van der Waals surface area (Å²) < 4.78 is 5.53. The van der Waals surface area contributed by atoms with Crippen molar-refractivity contribution in [2.24, 2.45) is 5.41 Å². The molecule has 2 rings (SSSR count). The minimum atomic E-state index is 0.0822. The van der Waals surface area contributed by atoms with Crippen LogP contribution in [0.15, 0.2) is 16.7 Å². The van der Waals surface area contributed by atoms with Crippen molar-refractivity contribution in [3.05, 3.63) is 23.7 Å². The van der Waals surface area contributed by atoms with E-state index in [2.05, 4.69) is 39.1 Å². The number of rotatable bonds is 1. The van der Waals surface area contributed by atoms with Gasteiger partial charge in [0.15, 0.2) is 0 Å². The molecule has 0 spiro atoms. The Balaban J connectivity index is 2.31. The minimum absolute atomic E-state index is 0.0822. The summed E-state index contributed by atoms with van der Waals surface area (Å²) in [6.45, 7) is 10.2. The molecule has 2 nitrogen and oxygen atoms in total. The first-order chi connectivity index (χ1) is 6.91. The van der Waals surface area contributed by atoms with Crippen LogP contribution >= 0.6 is 0 Å². The maximum Gasteiger partial charge on any atom is 0.110 e. The molecular weight excluding hydrogens is 186 g/mol. The van der Waals surface area contributed by atoms with E-state index < -0.39 is 0 Å². The van der Waals surface area contributed by atoms with E-state index in [0.29, 0.717) is 5.41 Å². The normalized spacial score (nSPS) is 26.4. The lowest BCUT2D eigenvalue weighted by Gasteiger charge is -2.39. The van der Waals surface area contributed by atoms with Crippen LogP contribution < -0.4 is 5.32 Å². The lowest BCUT2D eigenvalue weighted by atomic mass is 9.75. The van der Waals surface area contributed by atoms with Crippen LogP contribution in [0.25, 0.3) is 0 Å².